The Morgan fingerprint density at radius 1 is 1.20 bits per heavy atom. The van der Waals surface area contributed by atoms with Crippen LogP contribution in [0.5, 0.6) is 0 Å². The molecule has 2 heterocycles. The van der Waals surface area contributed by atoms with Crippen LogP contribution in [0.2, 0.25) is 0 Å². The molecule has 3 aromatic rings. The lowest BCUT2D eigenvalue weighted by Gasteiger charge is -2.10. The lowest BCUT2D eigenvalue weighted by molar-refractivity contribution is 0.0391. The molecular formula is C18H22N4O3. The molecule has 0 saturated heterocycles. The number of nitrogen functional groups attached to an aromatic ring is 1. The Morgan fingerprint density at radius 2 is 1.88 bits per heavy atom. The molecule has 0 atom stereocenters. The van der Waals surface area contributed by atoms with Crippen LogP contribution in [-0.4, -0.2) is 40.8 Å². The third-order valence-corrected chi connectivity index (χ3v) is 3.86. The van der Waals surface area contributed by atoms with E-state index in [4.69, 9.17) is 15.2 Å². The summed E-state index contributed by atoms with van der Waals surface area (Å²) in [6.45, 7) is 5.28. The minimum atomic E-state index is -0.508. The lowest BCUT2D eigenvalue weighted by atomic mass is 10.2. The Labute approximate surface area is 145 Å². The molecule has 0 amide bonds. The van der Waals surface area contributed by atoms with Crippen LogP contribution in [0.3, 0.4) is 0 Å². The number of anilines is 1. The normalized spacial score (nSPS) is 11.5. The third-order valence-electron chi connectivity index (χ3n) is 3.86. The van der Waals surface area contributed by atoms with Gasteiger partial charge in [0.1, 0.15) is 23.5 Å². The standard InChI is InChI=1S/C18H22N4O3/c1-11(2)10-22-16(19)14(18(23)25-9-8-24-3)15-17(22)21-13-7-5-4-6-12(13)20-15/h4-7,11H,8-10,19H2,1-3H3. The molecule has 0 radical (unpaired) electrons. The van der Waals surface area contributed by atoms with Gasteiger partial charge in [0.2, 0.25) is 0 Å². The Balaban J connectivity index is 2.18. The van der Waals surface area contributed by atoms with Gasteiger partial charge < -0.3 is 19.8 Å². The van der Waals surface area contributed by atoms with E-state index in [1.165, 1.54) is 0 Å². The highest BCUT2D eigenvalue weighted by atomic mass is 16.6. The second kappa shape index (κ2) is 7.06. The van der Waals surface area contributed by atoms with Crippen LogP contribution in [0, 0.1) is 5.92 Å². The van der Waals surface area contributed by atoms with Crippen LogP contribution in [0.15, 0.2) is 24.3 Å². The van der Waals surface area contributed by atoms with Gasteiger partial charge in [-0.15, -0.1) is 0 Å². The smallest absolute Gasteiger partial charge is 0.344 e. The topological polar surface area (TPSA) is 92.3 Å². The predicted molar refractivity (Wildman–Crippen MR) is 96.4 cm³/mol. The molecule has 7 nitrogen and oxygen atoms in total. The summed E-state index contributed by atoms with van der Waals surface area (Å²) in [5.41, 5.74) is 9.10. The number of nitrogens with zero attached hydrogens (tertiary/aromatic N) is 3. The van der Waals surface area contributed by atoms with Crippen molar-refractivity contribution in [2.24, 2.45) is 5.92 Å². The first-order chi connectivity index (χ1) is 12.0. The zero-order valence-corrected chi connectivity index (χ0v) is 14.7. The second-order valence-electron chi connectivity index (χ2n) is 6.28. The first-order valence-corrected chi connectivity index (χ1v) is 8.23. The number of para-hydroxylation sites is 2. The van der Waals surface area contributed by atoms with Gasteiger partial charge in [0, 0.05) is 13.7 Å². The molecule has 0 bridgehead atoms. The number of hydrogen-bond donors (Lipinski definition) is 1. The maximum Gasteiger partial charge on any atom is 0.344 e. The average molecular weight is 342 g/mol. The molecule has 0 spiro atoms. The molecule has 0 aliphatic carbocycles. The van der Waals surface area contributed by atoms with Crippen molar-refractivity contribution >= 4 is 34.0 Å². The largest absolute Gasteiger partial charge is 0.459 e. The van der Waals surface area contributed by atoms with Gasteiger partial charge in [-0.1, -0.05) is 26.0 Å². The number of rotatable bonds is 6. The monoisotopic (exact) mass is 342 g/mol. The Morgan fingerprint density at radius 3 is 2.52 bits per heavy atom. The molecule has 0 unspecified atom stereocenters. The first kappa shape index (κ1) is 17.2. The van der Waals surface area contributed by atoms with Gasteiger partial charge in [0.15, 0.2) is 5.65 Å². The fraction of sp³-hybridized carbons (Fsp3) is 0.389. The molecule has 25 heavy (non-hydrogen) atoms. The Hall–Kier alpha value is -2.67. The lowest BCUT2D eigenvalue weighted by Crippen LogP contribution is -2.13. The number of carbonyl (C=O) groups excluding carboxylic acids is 1. The van der Waals surface area contributed by atoms with Crippen LogP contribution in [0.1, 0.15) is 24.2 Å². The summed E-state index contributed by atoms with van der Waals surface area (Å²) in [6.07, 6.45) is 0. The van der Waals surface area contributed by atoms with E-state index < -0.39 is 5.97 Å². The SMILES string of the molecule is COCCOC(=O)c1c(N)n(CC(C)C)c2nc3ccccc3nc12. The zero-order valence-electron chi connectivity index (χ0n) is 14.7. The van der Waals surface area contributed by atoms with E-state index in [2.05, 4.69) is 23.8 Å². The van der Waals surface area contributed by atoms with Gasteiger partial charge in [-0.3, -0.25) is 0 Å². The van der Waals surface area contributed by atoms with E-state index in [9.17, 15) is 4.79 Å². The number of aromatic nitrogens is 3. The van der Waals surface area contributed by atoms with Crippen LogP contribution < -0.4 is 5.73 Å². The van der Waals surface area contributed by atoms with Gasteiger partial charge in [0.05, 0.1) is 17.6 Å². The van der Waals surface area contributed by atoms with Gasteiger partial charge in [-0.2, -0.15) is 0 Å². The molecule has 0 saturated carbocycles. The molecule has 0 aliphatic rings. The summed E-state index contributed by atoms with van der Waals surface area (Å²) in [6, 6.07) is 7.54. The van der Waals surface area contributed by atoms with Crippen molar-refractivity contribution in [2.75, 3.05) is 26.1 Å². The van der Waals surface area contributed by atoms with Gasteiger partial charge in [-0.05, 0) is 18.1 Å². The summed E-state index contributed by atoms with van der Waals surface area (Å²) < 4.78 is 12.0. The van der Waals surface area contributed by atoms with Crippen molar-refractivity contribution in [3.05, 3.63) is 29.8 Å². The number of methoxy groups -OCH3 is 1. The quantitative estimate of drug-likeness (QED) is 0.547. The molecular weight excluding hydrogens is 320 g/mol. The van der Waals surface area contributed by atoms with E-state index in [-0.39, 0.29) is 12.2 Å². The summed E-state index contributed by atoms with van der Waals surface area (Å²) in [5, 5.41) is 0. The average Bonchev–Trinajstić information content (AvgIpc) is 2.84. The molecule has 0 fully saturated rings. The van der Waals surface area contributed by atoms with Crippen LogP contribution in [-0.2, 0) is 16.0 Å². The van der Waals surface area contributed by atoms with Gasteiger partial charge >= 0.3 is 5.97 Å². The molecule has 7 heteroatoms. The van der Waals surface area contributed by atoms with Gasteiger partial charge in [0.25, 0.3) is 0 Å². The molecule has 2 aromatic heterocycles. The van der Waals surface area contributed by atoms with E-state index in [0.717, 1.165) is 5.52 Å². The summed E-state index contributed by atoms with van der Waals surface area (Å²) in [4.78, 5) is 21.8. The molecule has 0 aliphatic heterocycles. The number of carbonyl (C=O) groups is 1. The highest BCUT2D eigenvalue weighted by Crippen LogP contribution is 2.29. The Kier molecular flexibility index (Phi) is 4.85. The van der Waals surface area contributed by atoms with E-state index in [1.807, 2.05) is 28.8 Å². The minimum Gasteiger partial charge on any atom is -0.459 e. The second-order valence-corrected chi connectivity index (χ2v) is 6.28. The van der Waals surface area contributed by atoms with Crippen LogP contribution in [0.4, 0.5) is 5.82 Å². The van der Waals surface area contributed by atoms with E-state index in [0.29, 0.717) is 41.6 Å². The minimum absolute atomic E-state index is 0.159. The third kappa shape index (κ3) is 3.28. The maximum atomic E-state index is 12.6. The number of nitrogens with two attached hydrogens (primary N) is 1. The number of ether oxygens (including phenoxy) is 2. The van der Waals surface area contributed by atoms with Crippen molar-refractivity contribution in [3.8, 4) is 0 Å². The highest BCUT2D eigenvalue weighted by Gasteiger charge is 2.25. The zero-order chi connectivity index (χ0) is 18.0. The van der Waals surface area contributed by atoms with Crippen molar-refractivity contribution in [1.29, 1.82) is 0 Å². The molecule has 132 valence electrons. The number of fused-ring (bicyclic) bond motifs is 2. The summed E-state index contributed by atoms with van der Waals surface area (Å²) >= 11 is 0. The maximum absolute atomic E-state index is 12.6. The number of esters is 1. The van der Waals surface area contributed by atoms with Crippen molar-refractivity contribution in [2.45, 2.75) is 20.4 Å². The van der Waals surface area contributed by atoms with Crippen molar-refractivity contribution in [3.63, 3.8) is 0 Å². The predicted octanol–water partition coefficient (Wildman–Crippen LogP) is 2.63. The van der Waals surface area contributed by atoms with Crippen molar-refractivity contribution < 1.29 is 14.3 Å². The first-order valence-electron chi connectivity index (χ1n) is 8.23. The fourth-order valence-electron chi connectivity index (χ4n) is 2.76. The Bertz CT molecular complexity index is 917. The van der Waals surface area contributed by atoms with E-state index in [1.54, 1.807) is 7.11 Å². The fourth-order valence-corrected chi connectivity index (χ4v) is 2.76. The number of hydrogen-bond acceptors (Lipinski definition) is 6. The van der Waals surface area contributed by atoms with E-state index >= 15 is 0 Å². The summed E-state index contributed by atoms with van der Waals surface area (Å²) in [7, 11) is 1.55. The molecule has 1 aromatic carbocycles. The molecule has 2 N–H and O–H groups in total. The van der Waals surface area contributed by atoms with Crippen molar-refractivity contribution in [1.82, 2.24) is 14.5 Å². The molecule has 3 rings (SSSR count). The van der Waals surface area contributed by atoms with Gasteiger partial charge in [-0.25, -0.2) is 14.8 Å². The number of benzene rings is 1. The highest BCUT2D eigenvalue weighted by molar-refractivity contribution is 6.08. The van der Waals surface area contributed by atoms with Crippen LogP contribution in [0.25, 0.3) is 22.2 Å². The van der Waals surface area contributed by atoms with Crippen LogP contribution >= 0.6 is 0 Å². The summed E-state index contributed by atoms with van der Waals surface area (Å²) in [5.74, 6) is 0.164.